The molecule has 90 valence electrons. The molecule has 0 spiro atoms. The second-order valence-electron chi connectivity index (χ2n) is 4.18. The molecule has 3 heteroatoms. The van der Waals surface area contributed by atoms with Crippen LogP contribution in [0.3, 0.4) is 0 Å². The number of nitrogens with zero attached hydrogens (tertiary/aromatic N) is 2. The maximum absolute atomic E-state index is 4.38. The molecule has 3 nitrogen and oxygen atoms in total. The van der Waals surface area contributed by atoms with Gasteiger partial charge in [-0.1, -0.05) is 31.2 Å². The van der Waals surface area contributed by atoms with Gasteiger partial charge in [0.2, 0.25) is 0 Å². The van der Waals surface area contributed by atoms with Crippen LogP contribution in [0.4, 0.5) is 0 Å². The van der Waals surface area contributed by atoms with Gasteiger partial charge in [0.15, 0.2) is 0 Å². The number of nitrogens with one attached hydrogen (secondary N) is 1. The summed E-state index contributed by atoms with van der Waals surface area (Å²) in [7, 11) is 2.04. The Kier molecular flexibility index (Phi) is 3.94. The van der Waals surface area contributed by atoms with Gasteiger partial charge >= 0.3 is 0 Å². The van der Waals surface area contributed by atoms with E-state index in [0.717, 1.165) is 25.3 Å². The molecule has 2 aromatic rings. The number of aromatic nitrogens is 2. The minimum absolute atomic E-state index is 0.894. The lowest BCUT2D eigenvalue weighted by Gasteiger charge is -2.09. The zero-order valence-electron chi connectivity index (χ0n) is 10.5. The van der Waals surface area contributed by atoms with Crippen LogP contribution in [-0.2, 0) is 20.0 Å². The third-order valence-electron chi connectivity index (χ3n) is 2.95. The lowest BCUT2D eigenvalue weighted by Crippen LogP contribution is -2.13. The summed E-state index contributed by atoms with van der Waals surface area (Å²) >= 11 is 0. The predicted octanol–water partition coefficient (Wildman–Crippen LogP) is 2.12. The molecule has 0 unspecified atom stereocenters. The fourth-order valence-corrected chi connectivity index (χ4v) is 1.90. The number of imidazole rings is 1. The highest BCUT2D eigenvalue weighted by Crippen LogP contribution is 2.13. The first kappa shape index (κ1) is 11.9. The minimum Gasteiger partial charge on any atom is -0.338 e. The van der Waals surface area contributed by atoms with E-state index in [0.29, 0.717) is 0 Å². The summed E-state index contributed by atoms with van der Waals surface area (Å²) in [5.41, 5.74) is 2.71. The van der Waals surface area contributed by atoms with E-state index in [4.69, 9.17) is 0 Å². The van der Waals surface area contributed by atoms with Crippen molar-refractivity contribution >= 4 is 0 Å². The smallest absolute Gasteiger partial charge is 0.112 e. The van der Waals surface area contributed by atoms with Crippen molar-refractivity contribution in [1.82, 2.24) is 14.9 Å². The maximum Gasteiger partial charge on any atom is 0.112 e. The van der Waals surface area contributed by atoms with Crippen LogP contribution in [0.1, 0.15) is 23.9 Å². The molecule has 0 saturated heterocycles. The van der Waals surface area contributed by atoms with Gasteiger partial charge in [-0.2, -0.15) is 0 Å². The number of aryl methyl sites for hydroxylation is 1. The highest BCUT2D eigenvalue weighted by molar-refractivity contribution is 5.29. The molecule has 0 bridgehead atoms. The molecule has 1 aromatic carbocycles. The highest BCUT2D eigenvalue weighted by Gasteiger charge is 2.05. The molecule has 1 heterocycles. The van der Waals surface area contributed by atoms with Crippen molar-refractivity contribution in [3.05, 3.63) is 53.6 Å². The van der Waals surface area contributed by atoms with Crippen LogP contribution in [0.2, 0.25) is 0 Å². The van der Waals surface area contributed by atoms with Crippen molar-refractivity contribution in [1.29, 1.82) is 0 Å². The first-order valence-corrected chi connectivity index (χ1v) is 6.05. The molecule has 0 radical (unpaired) electrons. The van der Waals surface area contributed by atoms with Crippen LogP contribution < -0.4 is 5.32 Å². The average Bonchev–Trinajstić information content (AvgIpc) is 2.74. The highest BCUT2D eigenvalue weighted by atomic mass is 15.0. The molecular formula is C14H19N3. The third-order valence-corrected chi connectivity index (χ3v) is 2.95. The molecule has 2 rings (SSSR count). The minimum atomic E-state index is 0.894. The quantitative estimate of drug-likeness (QED) is 0.851. The van der Waals surface area contributed by atoms with Gasteiger partial charge in [0.1, 0.15) is 5.82 Å². The molecule has 0 aliphatic rings. The summed E-state index contributed by atoms with van der Waals surface area (Å²) in [5.74, 6) is 1.11. The van der Waals surface area contributed by atoms with Crippen LogP contribution >= 0.6 is 0 Å². The summed E-state index contributed by atoms with van der Waals surface area (Å²) < 4.78 is 2.07. The Labute approximate surface area is 103 Å². The molecule has 0 aliphatic carbocycles. The van der Waals surface area contributed by atoms with Gasteiger partial charge in [-0.05, 0) is 17.7 Å². The fraction of sp³-hybridized carbons (Fsp3) is 0.357. The van der Waals surface area contributed by atoms with Crippen molar-refractivity contribution in [3.63, 3.8) is 0 Å². The normalized spacial score (nSPS) is 10.7. The molecule has 0 amide bonds. The van der Waals surface area contributed by atoms with E-state index in [1.807, 2.05) is 19.4 Å². The zero-order valence-corrected chi connectivity index (χ0v) is 10.5. The SMILES string of the molecule is CCNCc1ccccc1Cc1nccn1C. The van der Waals surface area contributed by atoms with Gasteiger partial charge in [-0.15, -0.1) is 0 Å². The summed E-state index contributed by atoms with van der Waals surface area (Å²) in [5, 5.41) is 3.37. The van der Waals surface area contributed by atoms with Crippen molar-refractivity contribution in [2.75, 3.05) is 6.54 Å². The molecule has 1 N–H and O–H groups in total. The molecule has 0 saturated carbocycles. The molecule has 17 heavy (non-hydrogen) atoms. The topological polar surface area (TPSA) is 29.9 Å². The van der Waals surface area contributed by atoms with Gasteiger partial charge in [0.05, 0.1) is 0 Å². The Morgan fingerprint density at radius 2 is 2.00 bits per heavy atom. The Morgan fingerprint density at radius 3 is 2.65 bits per heavy atom. The predicted molar refractivity (Wildman–Crippen MR) is 69.8 cm³/mol. The molecular weight excluding hydrogens is 210 g/mol. The van der Waals surface area contributed by atoms with E-state index in [9.17, 15) is 0 Å². The van der Waals surface area contributed by atoms with Crippen LogP contribution in [0.25, 0.3) is 0 Å². The molecule has 1 aromatic heterocycles. The first-order chi connectivity index (χ1) is 8.31. The van der Waals surface area contributed by atoms with E-state index in [1.165, 1.54) is 11.1 Å². The first-order valence-electron chi connectivity index (χ1n) is 6.05. The Morgan fingerprint density at radius 1 is 1.24 bits per heavy atom. The molecule has 0 atom stereocenters. The van der Waals surface area contributed by atoms with E-state index in [2.05, 4.69) is 46.1 Å². The van der Waals surface area contributed by atoms with Gasteiger partial charge in [0.25, 0.3) is 0 Å². The van der Waals surface area contributed by atoms with Gasteiger partial charge in [0, 0.05) is 32.4 Å². The second kappa shape index (κ2) is 5.64. The number of rotatable bonds is 5. The standard InChI is InChI=1S/C14H19N3/c1-3-15-11-13-7-5-4-6-12(13)10-14-16-8-9-17(14)2/h4-9,15H,3,10-11H2,1-2H3. The van der Waals surface area contributed by atoms with Crippen molar-refractivity contribution in [2.45, 2.75) is 19.9 Å². The zero-order chi connectivity index (χ0) is 12.1. The Balaban J connectivity index is 2.17. The lowest BCUT2D eigenvalue weighted by atomic mass is 10.0. The van der Waals surface area contributed by atoms with E-state index in [1.54, 1.807) is 0 Å². The summed E-state index contributed by atoms with van der Waals surface area (Å²) in [6, 6.07) is 8.55. The summed E-state index contributed by atoms with van der Waals surface area (Å²) in [6.45, 7) is 4.05. The van der Waals surface area contributed by atoms with Gasteiger partial charge in [-0.25, -0.2) is 4.98 Å². The van der Waals surface area contributed by atoms with Gasteiger partial charge < -0.3 is 9.88 Å². The molecule has 0 fully saturated rings. The number of hydrogen-bond acceptors (Lipinski definition) is 2. The van der Waals surface area contributed by atoms with E-state index >= 15 is 0 Å². The Bertz CT molecular complexity index is 474. The van der Waals surface area contributed by atoms with Crippen molar-refractivity contribution in [2.24, 2.45) is 7.05 Å². The van der Waals surface area contributed by atoms with E-state index in [-0.39, 0.29) is 0 Å². The monoisotopic (exact) mass is 229 g/mol. The average molecular weight is 229 g/mol. The van der Waals surface area contributed by atoms with E-state index < -0.39 is 0 Å². The van der Waals surface area contributed by atoms with Crippen molar-refractivity contribution in [3.8, 4) is 0 Å². The lowest BCUT2D eigenvalue weighted by molar-refractivity contribution is 0.718. The number of hydrogen-bond donors (Lipinski definition) is 1. The fourth-order valence-electron chi connectivity index (χ4n) is 1.90. The summed E-state index contributed by atoms with van der Waals surface area (Å²) in [6.07, 6.45) is 4.73. The second-order valence-corrected chi connectivity index (χ2v) is 4.18. The third kappa shape index (κ3) is 2.94. The van der Waals surface area contributed by atoms with Gasteiger partial charge in [-0.3, -0.25) is 0 Å². The number of benzene rings is 1. The van der Waals surface area contributed by atoms with Crippen LogP contribution in [0, 0.1) is 0 Å². The van der Waals surface area contributed by atoms with Crippen molar-refractivity contribution < 1.29 is 0 Å². The molecule has 0 aliphatic heterocycles. The van der Waals surface area contributed by atoms with Crippen LogP contribution in [0.5, 0.6) is 0 Å². The van der Waals surface area contributed by atoms with Crippen LogP contribution in [-0.4, -0.2) is 16.1 Å². The summed E-state index contributed by atoms with van der Waals surface area (Å²) in [4.78, 5) is 4.38. The largest absolute Gasteiger partial charge is 0.338 e. The Hall–Kier alpha value is -1.61. The van der Waals surface area contributed by atoms with Crippen LogP contribution in [0.15, 0.2) is 36.7 Å². The maximum atomic E-state index is 4.38.